The van der Waals surface area contributed by atoms with E-state index < -0.39 is 0 Å². The third-order valence-electron chi connectivity index (χ3n) is 0.743. The van der Waals surface area contributed by atoms with Gasteiger partial charge in [-0.2, -0.15) is 5.10 Å². The molecule has 0 aromatic carbocycles. The molecule has 1 radical (unpaired) electrons. The molecule has 0 aliphatic rings. The summed E-state index contributed by atoms with van der Waals surface area (Å²) >= 11 is 0. The van der Waals surface area contributed by atoms with Crippen molar-refractivity contribution >= 4 is 5.82 Å². The molecule has 1 rings (SSSR count). The van der Waals surface area contributed by atoms with Crippen LogP contribution < -0.4 is 5.48 Å². The molecule has 4 heteroatoms. The van der Waals surface area contributed by atoms with Crippen LogP contribution in [0, 0.1) is 0 Å². The number of hydrogen-bond donors (Lipinski definition) is 0. The minimum atomic E-state index is 0.486. The van der Waals surface area contributed by atoms with E-state index in [1.165, 1.54) is 7.11 Å². The minimum Gasteiger partial charge on any atom is -0.254 e. The molecule has 47 valence electrons. The summed E-state index contributed by atoms with van der Waals surface area (Å²) in [4.78, 5) is 4.45. The Bertz CT molecular complexity index is 165. The van der Waals surface area contributed by atoms with Gasteiger partial charge in [-0.3, -0.25) is 4.84 Å². The molecular weight excluding hydrogens is 118 g/mol. The van der Waals surface area contributed by atoms with Gasteiger partial charge < -0.3 is 0 Å². The van der Waals surface area contributed by atoms with Gasteiger partial charge in [-0.1, -0.05) is 0 Å². The van der Waals surface area contributed by atoms with Gasteiger partial charge in [-0.25, -0.2) is 0 Å². The minimum absolute atomic E-state index is 0.486. The van der Waals surface area contributed by atoms with Crippen molar-refractivity contribution in [1.29, 1.82) is 0 Å². The first-order valence-electron chi connectivity index (χ1n) is 2.45. The SMILES string of the molecule is CO[N]c1cccnn1. The van der Waals surface area contributed by atoms with E-state index in [1.54, 1.807) is 18.3 Å². The summed E-state index contributed by atoms with van der Waals surface area (Å²) in [5.74, 6) is 0.486. The van der Waals surface area contributed by atoms with Crippen LogP contribution in [0.25, 0.3) is 0 Å². The molecule has 0 atom stereocenters. The first-order valence-corrected chi connectivity index (χ1v) is 2.45. The highest BCUT2D eigenvalue weighted by Crippen LogP contribution is 1.95. The summed E-state index contributed by atoms with van der Waals surface area (Å²) in [6.07, 6.45) is 1.58. The van der Waals surface area contributed by atoms with Crippen LogP contribution >= 0.6 is 0 Å². The van der Waals surface area contributed by atoms with Gasteiger partial charge in [0.15, 0.2) is 0 Å². The Morgan fingerprint density at radius 3 is 3.11 bits per heavy atom. The topological polar surface area (TPSA) is 49.1 Å². The number of rotatable bonds is 2. The smallest absolute Gasteiger partial charge is 0.201 e. The summed E-state index contributed by atoms with van der Waals surface area (Å²) in [5.41, 5.74) is 3.53. The first kappa shape index (κ1) is 5.97. The van der Waals surface area contributed by atoms with Crippen LogP contribution in [0.2, 0.25) is 0 Å². The van der Waals surface area contributed by atoms with E-state index in [9.17, 15) is 0 Å². The largest absolute Gasteiger partial charge is 0.254 e. The first-order chi connectivity index (χ1) is 4.43. The molecule has 0 unspecified atom stereocenters. The lowest BCUT2D eigenvalue weighted by Gasteiger charge is -1.92. The fourth-order valence-corrected chi connectivity index (χ4v) is 0.436. The van der Waals surface area contributed by atoms with Gasteiger partial charge in [0.1, 0.15) is 0 Å². The Balaban J connectivity index is 2.61. The molecule has 0 bridgehead atoms. The third-order valence-corrected chi connectivity index (χ3v) is 0.743. The van der Waals surface area contributed by atoms with Crippen molar-refractivity contribution in [1.82, 2.24) is 15.7 Å². The van der Waals surface area contributed by atoms with Crippen molar-refractivity contribution in [2.75, 3.05) is 7.11 Å². The van der Waals surface area contributed by atoms with Crippen LogP contribution in [0.3, 0.4) is 0 Å². The number of aromatic nitrogens is 2. The van der Waals surface area contributed by atoms with Crippen molar-refractivity contribution in [2.45, 2.75) is 0 Å². The average Bonchev–Trinajstić information content (AvgIpc) is 1.91. The molecule has 0 amide bonds. The standard InChI is InChI=1S/C5H6N3O/c1-9-8-5-3-2-4-6-7-5/h2-4H,1H3. The van der Waals surface area contributed by atoms with E-state index in [2.05, 4.69) is 20.5 Å². The van der Waals surface area contributed by atoms with Crippen LogP contribution in [0.5, 0.6) is 0 Å². The van der Waals surface area contributed by atoms with Gasteiger partial charge in [-0.15, -0.1) is 10.6 Å². The molecule has 0 aliphatic carbocycles. The molecule has 4 nitrogen and oxygen atoms in total. The molecule has 9 heavy (non-hydrogen) atoms. The zero-order chi connectivity index (χ0) is 6.53. The van der Waals surface area contributed by atoms with Gasteiger partial charge in [0, 0.05) is 6.20 Å². The summed E-state index contributed by atoms with van der Waals surface area (Å²) in [6, 6.07) is 3.45. The average molecular weight is 124 g/mol. The van der Waals surface area contributed by atoms with E-state index in [-0.39, 0.29) is 0 Å². The Labute approximate surface area is 52.8 Å². The van der Waals surface area contributed by atoms with E-state index in [1.807, 2.05) is 0 Å². The van der Waals surface area contributed by atoms with E-state index in [4.69, 9.17) is 0 Å². The lowest BCUT2D eigenvalue weighted by Crippen LogP contribution is -1.96. The van der Waals surface area contributed by atoms with Gasteiger partial charge in [0.25, 0.3) is 0 Å². The molecule has 1 heterocycles. The van der Waals surface area contributed by atoms with Crippen molar-refractivity contribution in [3.8, 4) is 0 Å². The van der Waals surface area contributed by atoms with Gasteiger partial charge in [0.2, 0.25) is 5.82 Å². The van der Waals surface area contributed by atoms with E-state index >= 15 is 0 Å². The van der Waals surface area contributed by atoms with Gasteiger partial charge in [0.05, 0.1) is 7.11 Å². The molecule has 0 spiro atoms. The van der Waals surface area contributed by atoms with Gasteiger partial charge >= 0.3 is 0 Å². The Morgan fingerprint density at radius 2 is 2.56 bits per heavy atom. The Hall–Kier alpha value is -1.16. The van der Waals surface area contributed by atoms with Crippen LogP contribution in [0.15, 0.2) is 18.3 Å². The number of nitrogens with zero attached hydrogens (tertiary/aromatic N) is 3. The highest BCUT2D eigenvalue weighted by Gasteiger charge is 1.88. The zero-order valence-corrected chi connectivity index (χ0v) is 4.98. The second kappa shape index (κ2) is 2.99. The summed E-state index contributed by atoms with van der Waals surface area (Å²) < 4.78 is 0. The predicted octanol–water partition coefficient (Wildman–Crippen LogP) is 0.274. The lowest BCUT2D eigenvalue weighted by atomic mass is 10.5. The maximum atomic E-state index is 4.45. The normalized spacial score (nSPS) is 9.00. The monoisotopic (exact) mass is 124 g/mol. The van der Waals surface area contributed by atoms with Crippen molar-refractivity contribution in [3.05, 3.63) is 18.3 Å². The Morgan fingerprint density at radius 1 is 1.67 bits per heavy atom. The van der Waals surface area contributed by atoms with Crippen LogP contribution in [0.1, 0.15) is 0 Å². The highest BCUT2D eigenvalue weighted by molar-refractivity contribution is 5.19. The molecule has 0 saturated carbocycles. The molecule has 1 aromatic rings. The van der Waals surface area contributed by atoms with Crippen molar-refractivity contribution in [3.63, 3.8) is 0 Å². The summed E-state index contributed by atoms with van der Waals surface area (Å²) in [6.45, 7) is 0. The fraction of sp³-hybridized carbons (Fsp3) is 0.200. The lowest BCUT2D eigenvalue weighted by molar-refractivity contribution is 0.122. The van der Waals surface area contributed by atoms with E-state index in [0.29, 0.717) is 5.82 Å². The zero-order valence-electron chi connectivity index (χ0n) is 4.98. The molecule has 0 aliphatic heterocycles. The Kier molecular flexibility index (Phi) is 1.98. The second-order valence-electron chi connectivity index (χ2n) is 1.36. The molecule has 0 saturated heterocycles. The second-order valence-corrected chi connectivity index (χ2v) is 1.36. The molecule has 0 fully saturated rings. The fourth-order valence-electron chi connectivity index (χ4n) is 0.436. The third kappa shape index (κ3) is 1.65. The maximum Gasteiger partial charge on any atom is 0.201 e. The number of hydrogen-bond acceptors (Lipinski definition) is 3. The predicted molar refractivity (Wildman–Crippen MR) is 30.8 cm³/mol. The molecule has 1 aromatic heterocycles. The summed E-state index contributed by atoms with van der Waals surface area (Å²) in [7, 11) is 1.47. The highest BCUT2D eigenvalue weighted by atomic mass is 16.6. The van der Waals surface area contributed by atoms with Crippen LogP contribution in [-0.4, -0.2) is 17.3 Å². The van der Waals surface area contributed by atoms with Gasteiger partial charge in [-0.05, 0) is 12.1 Å². The maximum absolute atomic E-state index is 4.45. The van der Waals surface area contributed by atoms with Crippen molar-refractivity contribution < 1.29 is 4.84 Å². The van der Waals surface area contributed by atoms with Crippen molar-refractivity contribution in [2.24, 2.45) is 0 Å². The molecule has 0 N–H and O–H groups in total. The van der Waals surface area contributed by atoms with Crippen LogP contribution in [-0.2, 0) is 4.84 Å². The summed E-state index contributed by atoms with van der Waals surface area (Å²) in [5, 5.41) is 7.21. The van der Waals surface area contributed by atoms with Crippen LogP contribution in [0.4, 0.5) is 5.82 Å². The quantitative estimate of drug-likeness (QED) is 0.532. The van der Waals surface area contributed by atoms with E-state index in [0.717, 1.165) is 0 Å². The molecular formula is C5H6N3O.